The quantitative estimate of drug-likeness (QED) is 0.570. The van der Waals surface area contributed by atoms with Crippen LogP contribution in [0.5, 0.6) is 0 Å². The van der Waals surface area contributed by atoms with Gasteiger partial charge in [-0.05, 0) is 5.92 Å². The molecule has 0 saturated heterocycles. The molecule has 0 amide bonds. The van der Waals surface area contributed by atoms with Gasteiger partial charge in [0.2, 0.25) is 0 Å². The summed E-state index contributed by atoms with van der Waals surface area (Å²) in [6.45, 7) is 3.98. The van der Waals surface area contributed by atoms with Crippen molar-refractivity contribution in [2.24, 2.45) is 5.92 Å². The van der Waals surface area contributed by atoms with Crippen molar-refractivity contribution in [1.29, 1.82) is 0 Å². The van der Waals surface area contributed by atoms with E-state index < -0.39 is 5.97 Å². The fraction of sp³-hybridized carbons (Fsp3) is 0.857. The van der Waals surface area contributed by atoms with Crippen LogP contribution in [0.4, 0.5) is 0 Å². The van der Waals surface area contributed by atoms with Crippen molar-refractivity contribution < 1.29 is 9.90 Å². The number of hydrogen-bond acceptors (Lipinski definition) is 1. The lowest BCUT2D eigenvalue weighted by atomic mass is 10.0. The maximum Gasteiger partial charge on any atom is 0.355 e. The maximum absolute atomic E-state index is 9.97. The van der Waals surface area contributed by atoms with E-state index in [1.807, 2.05) is 13.8 Å². The molecule has 0 heterocycles. The minimum absolute atomic E-state index is 0.202. The maximum atomic E-state index is 9.97. The molecular weight excluding hydrogens is 116 g/mol. The summed E-state index contributed by atoms with van der Waals surface area (Å²) in [6, 6.07) is 0. The summed E-state index contributed by atoms with van der Waals surface area (Å²) in [4.78, 5) is 9.97. The average molecular weight is 129 g/mol. The van der Waals surface area contributed by atoms with Crippen LogP contribution in [0.25, 0.3) is 0 Å². The van der Waals surface area contributed by atoms with Gasteiger partial charge in [0, 0.05) is 0 Å². The molecule has 1 unspecified atom stereocenters. The molecule has 0 aliphatic carbocycles. The van der Waals surface area contributed by atoms with Crippen LogP contribution >= 0.6 is 0 Å². The molecule has 1 atom stereocenters. The van der Waals surface area contributed by atoms with Gasteiger partial charge in [-0.15, -0.1) is 0 Å². The van der Waals surface area contributed by atoms with Gasteiger partial charge in [-0.3, -0.25) is 0 Å². The van der Waals surface area contributed by atoms with Gasteiger partial charge in [0.1, 0.15) is 0 Å². The lowest BCUT2D eigenvalue weighted by Gasteiger charge is -2.02. The molecule has 0 rings (SSSR count). The molecule has 0 N–H and O–H groups in total. The van der Waals surface area contributed by atoms with E-state index in [4.69, 9.17) is 0 Å². The van der Waals surface area contributed by atoms with Gasteiger partial charge in [-0.25, -0.2) is 9.90 Å². The van der Waals surface area contributed by atoms with Crippen LogP contribution in [-0.4, -0.2) is 5.97 Å². The minimum atomic E-state index is -0.934. The Hall–Kier alpha value is -0.530. The van der Waals surface area contributed by atoms with E-state index in [-0.39, 0.29) is 12.3 Å². The molecule has 0 aromatic rings. The predicted octanol–water partition coefficient (Wildman–Crippen LogP) is 1.77. The Morgan fingerprint density at radius 1 is 1.56 bits per heavy atom. The Labute approximate surface area is 55.9 Å². The van der Waals surface area contributed by atoms with Crippen LogP contribution in [0.3, 0.4) is 0 Å². The Morgan fingerprint density at radius 3 is 2.44 bits per heavy atom. The first-order valence-corrected chi connectivity index (χ1v) is 3.36. The second-order valence-corrected chi connectivity index (χ2v) is 2.47. The van der Waals surface area contributed by atoms with Gasteiger partial charge in [-0.2, -0.15) is 0 Å². The van der Waals surface area contributed by atoms with Crippen molar-refractivity contribution in [2.45, 2.75) is 33.1 Å². The SMILES string of the molecule is CCCC(C)CC([O])=O. The molecule has 0 aromatic heterocycles. The molecule has 9 heavy (non-hydrogen) atoms. The molecule has 0 aromatic carbocycles. The summed E-state index contributed by atoms with van der Waals surface area (Å²) in [6.07, 6.45) is 2.23. The Kier molecular flexibility index (Phi) is 4.10. The van der Waals surface area contributed by atoms with E-state index >= 15 is 0 Å². The third-order valence-corrected chi connectivity index (χ3v) is 1.30. The van der Waals surface area contributed by atoms with E-state index in [2.05, 4.69) is 0 Å². The van der Waals surface area contributed by atoms with Crippen LogP contribution in [-0.2, 0) is 9.90 Å². The standard InChI is InChI=1S/C7H13O2/c1-3-4-6(2)5-7(8)9/h6H,3-5H2,1-2H3. The van der Waals surface area contributed by atoms with E-state index in [0.717, 1.165) is 12.8 Å². The highest BCUT2D eigenvalue weighted by atomic mass is 16.4. The van der Waals surface area contributed by atoms with Crippen LogP contribution in [0.1, 0.15) is 33.1 Å². The first-order valence-electron chi connectivity index (χ1n) is 3.36. The molecule has 0 aliphatic heterocycles. The molecule has 1 radical (unpaired) electrons. The van der Waals surface area contributed by atoms with Gasteiger partial charge in [0.15, 0.2) is 0 Å². The molecule has 0 spiro atoms. The van der Waals surface area contributed by atoms with E-state index in [0.29, 0.717) is 0 Å². The van der Waals surface area contributed by atoms with E-state index in [1.54, 1.807) is 0 Å². The number of carbonyl (C=O) groups excluding carboxylic acids is 1. The monoisotopic (exact) mass is 129 g/mol. The zero-order valence-corrected chi connectivity index (χ0v) is 6.02. The molecule has 2 heteroatoms. The van der Waals surface area contributed by atoms with Crippen LogP contribution < -0.4 is 0 Å². The summed E-state index contributed by atoms with van der Waals surface area (Å²) in [5, 5.41) is 9.97. The number of carbonyl (C=O) groups is 1. The molecule has 0 aliphatic rings. The largest absolute Gasteiger partial charge is 0.355 e. The van der Waals surface area contributed by atoms with Crippen LogP contribution in [0.15, 0.2) is 0 Å². The summed E-state index contributed by atoms with van der Waals surface area (Å²) < 4.78 is 0. The van der Waals surface area contributed by atoms with Gasteiger partial charge in [0.05, 0.1) is 6.42 Å². The Balaban J connectivity index is 3.26. The molecular formula is C7H13O2. The predicted molar refractivity (Wildman–Crippen MR) is 34.4 cm³/mol. The van der Waals surface area contributed by atoms with Gasteiger partial charge < -0.3 is 0 Å². The van der Waals surface area contributed by atoms with Crippen molar-refractivity contribution in [3.8, 4) is 0 Å². The van der Waals surface area contributed by atoms with Crippen molar-refractivity contribution in [3.63, 3.8) is 0 Å². The highest BCUT2D eigenvalue weighted by Crippen LogP contribution is 2.08. The number of hydrogen-bond donors (Lipinski definition) is 0. The smallest absolute Gasteiger partial charge is 0.247 e. The topological polar surface area (TPSA) is 37.0 Å². The average Bonchev–Trinajstić information content (AvgIpc) is 1.63. The van der Waals surface area contributed by atoms with Gasteiger partial charge in [-0.1, -0.05) is 26.7 Å². The summed E-state index contributed by atoms with van der Waals surface area (Å²) in [7, 11) is 0. The summed E-state index contributed by atoms with van der Waals surface area (Å²) >= 11 is 0. The van der Waals surface area contributed by atoms with Crippen molar-refractivity contribution in [2.75, 3.05) is 0 Å². The second-order valence-electron chi connectivity index (χ2n) is 2.47. The third-order valence-electron chi connectivity index (χ3n) is 1.30. The number of rotatable bonds is 4. The first-order chi connectivity index (χ1) is 4.16. The van der Waals surface area contributed by atoms with Crippen LogP contribution in [0.2, 0.25) is 0 Å². The molecule has 2 nitrogen and oxygen atoms in total. The fourth-order valence-electron chi connectivity index (χ4n) is 0.879. The highest BCUT2D eigenvalue weighted by molar-refractivity contribution is 5.66. The van der Waals surface area contributed by atoms with Crippen LogP contribution in [0, 0.1) is 5.92 Å². The van der Waals surface area contributed by atoms with Crippen molar-refractivity contribution in [3.05, 3.63) is 0 Å². The Bertz CT molecular complexity index is 88.9. The zero-order valence-electron chi connectivity index (χ0n) is 6.02. The molecule has 0 fully saturated rings. The normalized spacial score (nSPS) is 13.1. The van der Waals surface area contributed by atoms with E-state index in [1.165, 1.54) is 0 Å². The first kappa shape index (κ1) is 8.47. The van der Waals surface area contributed by atoms with Gasteiger partial charge in [0.25, 0.3) is 0 Å². The lowest BCUT2D eigenvalue weighted by Crippen LogP contribution is -2.01. The summed E-state index contributed by atoms with van der Waals surface area (Å²) in [5.74, 6) is -0.657. The van der Waals surface area contributed by atoms with Crippen molar-refractivity contribution in [1.82, 2.24) is 0 Å². The summed E-state index contributed by atoms with van der Waals surface area (Å²) in [5.41, 5.74) is 0. The minimum Gasteiger partial charge on any atom is -0.247 e. The molecule has 53 valence electrons. The van der Waals surface area contributed by atoms with Gasteiger partial charge >= 0.3 is 5.97 Å². The highest BCUT2D eigenvalue weighted by Gasteiger charge is 2.06. The zero-order chi connectivity index (χ0) is 7.28. The Morgan fingerprint density at radius 2 is 2.11 bits per heavy atom. The third kappa shape index (κ3) is 5.34. The lowest BCUT2D eigenvalue weighted by molar-refractivity contribution is -0.144. The second kappa shape index (κ2) is 4.36. The molecule has 0 saturated carbocycles. The van der Waals surface area contributed by atoms with Crippen molar-refractivity contribution >= 4 is 5.97 Å². The molecule has 0 bridgehead atoms. The fourth-order valence-corrected chi connectivity index (χ4v) is 0.879. The van der Waals surface area contributed by atoms with E-state index in [9.17, 15) is 9.90 Å².